The summed E-state index contributed by atoms with van der Waals surface area (Å²) in [4.78, 5) is 18.5. The standard InChI is InChI=1S/C24H30N4O3S/c1-4-27(23(29)26-19(2)3)17-22-15-25-24(28(22)16-20-11-7-5-8-12-20)32(30,31)18-21-13-9-6-10-14-21/h5-15,19H,4,16-18H2,1-3H3,(H,26,29). The lowest BCUT2D eigenvalue weighted by molar-refractivity contribution is 0.194. The van der Waals surface area contributed by atoms with E-state index in [1.807, 2.05) is 69.3 Å². The Labute approximate surface area is 190 Å². The Morgan fingerprint density at radius 2 is 1.62 bits per heavy atom. The highest BCUT2D eigenvalue weighted by molar-refractivity contribution is 7.90. The maximum atomic E-state index is 13.3. The molecule has 7 nitrogen and oxygen atoms in total. The first kappa shape index (κ1) is 23.5. The summed E-state index contributed by atoms with van der Waals surface area (Å²) in [5.41, 5.74) is 2.33. The minimum Gasteiger partial charge on any atom is -0.336 e. The van der Waals surface area contributed by atoms with Gasteiger partial charge in [-0.05, 0) is 31.9 Å². The Balaban J connectivity index is 1.97. The van der Waals surface area contributed by atoms with Gasteiger partial charge in [0, 0.05) is 12.6 Å². The number of imidazole rings is 1. The molecule has 0 aliphatic heterocycles. The Bertz CT molecular complexity index is 1130. The van der Waals surface area contributed by atoms with Crippen LogP contribution in [0.3, 0.4) is 0 Å². The van der Waals surface area contributed by atoms with Crippen molar-refractivity contribution in [1.82, 2.24) is 19.8 Å². The van der Waals surface area contributed by atoms with E-state index in [9.17, 15) is 13.2 Å². The molecule has 170 valence electrons. The van der Waals surface area contributed by atoms with Crippen LogP contribution in [0, 0.1) is 0 Å². The topological polar surface area (TPSA) is 84.3 Å². The van der Waals surface area contributed by atoms with Crippen molar-refractivity contribution in [2.45, 2.75) is 50.8 Å². The number of rotatable bonds is 9. The summed E-state index contributed by atoms with van der Waals surface area (Å²) in [5.74, 6) is -0.135. The molecule has 0 bridgehead atoms. The molecule has 2 aromatic carbocycles. The van der Waals surface area contributed by atoms with Crippen LogP contribution in [-0.4, -0.2) is 41.5 Å². The van der Waals surface area contributed by atoms with Crippen molar-refractivity contribution >= 4 is 15.9 Å². The van der Waals surface area contributed by atoms with Gasteiger partial charge in [-0.2, -0.15) is 0 Å². The van der Waals surface area contributed by atoms with E-state index in [1.54, 1.807) is 27.8 Å². The molecule has 1 N–H and O–H groups in total. The van der Waals surface area contributed by atoms with E-state index < -0.39 is 9.84 Å². The lowest BCUT2D eigenvalue weighted by atomic mass is 10.2. The molecular formula is C24H30N4O3S. The van der Waals surface area contributed by atoms with Crippen molar-refractivity contribution in [1.29, 1.82) is 0 Å². The molecule has 0 saturated carbocycles. The Morgan fingerprint density at radius 1 is 1.03 bits per heavy atom. The molecule has 32 heavy (non-hydrogen) atoms. The quantitative estimate of drug-likeness (QED) is 0.532. The predicted octanol–water partition coefficient (Wildman–Crippen LogP) is 3.85. The molecule has 3 aromatic rings. The van der Waals surface area contributed by atoms with Crippen LogP contribution < -0.4 is 5.32 Å². The number of benzene rings is 2. The number of carbonyl (C=O) groups is 1. The average molecular weight is 455 g/mol. The normalized spacial score (nSPS) is 11.5. The molecule has 2 amide bonds. The van der Waals surface area contributed by atoms with Gasteiger partial charge in [-0.15, -0.1) is 0 Å². The van der Waals surface area contributed by atoms with Gasteiger partial charge in [-0.25, -0.2) is 18.2 Å². The van der Waals surface area contributed by atoms with Gasteiger partial charge < -0.3 is 14.8 Å². The fourth-order valence-corrected chi connectivity index (χ4v) is 4.91. The van der Waals surface area contributed by atoms with Gasteiger partial charge in [0.1, 0.15) is 0 Å². The molecule has 0 atom stereocenters. The minimum atomic E-state index is -3.69. The zero-order chi connectivity index (χ0) is 23.1. The van der Waals surface area contributed by atoms with Gasteiger partial charge in [-0.1, -0.05) is 60.7 Å². The van der Waals surface area contributed by atoms with Gasteiger partial charge in [-0.3, -0.25) is 0 Å². The van der Waals surface area contributed by atoms with Crippen LogP contribution >= 0.6 is 0 Å². The monoisotopic (exact) mass is 454 g/mol. The number of hydrogen-bond acceptors (Lipinski definition) is 4. The summed E-state index contributed by atoms with van der Waals surface area (Å²) < 4.78 is 28.3. The lowest BCUT2D eigenvalue weighted by Gasteiger charge is -2.23. The molecule has 1 heterocycles. The third kappa shape index (κ3) is 5.97. The second kappa shape index (κ2) is 10.5. The highest BCUT2D eigenvalue weighted by Gasteiger charge is 2.25. The zero-order valence-electron chi connectivity index (χ0n) is 18.7. The van der Waals surface area contributed by atoms with Crippen molar-refractivity contribution in [2.75, 3.05) is 6.54 Å². The first-order valence-corrected chi connectivity index (χ1v) is 12.4. The Morgan fingerprint density at radius 3 is 2.19 bits per heavy atom. The van der Waals surface area contributed by atoms with Crippen molar-refractivity contribution in [2.24, 2.45) is 0 Å². The van der Waals surface area contributed by atoms with Crippen LogP contribution in [0.15, 0.2) is 72.0 Å². The third-order valence-electron chi connectivity index (χ3n) is 5.00. The van der Waals surface area contributed by atoms with E-state index in [2.05, 4.69) is 10.3 Å². The van der Waals surface area contributed by atoms with E-state index in [-0.39, 0.29) is 29.5 Å². The van der Waals surface area contributed by atoms with E-state index in [4.69, 9.17) is 0 Å². The number of hydrogen-bond donors (Lipinski definition) is 1. The summed E-state index contributed by atoms with van der Waals surface area (Å²) in [7, 11) is -3.69. The maximum Gasteiger partial charge on any atom is 0.317 e. The highest BCUT2D eigenvalue weighted by Crippen LogP contribution is 2.20. The van der Waals surface area contributed by atoms with E-state index in [0.717, 1.165) is 5.56 Å². The summed E-state index contributed by atoms with van der Waals surface area (Å²) in [6.07, 6.45) is 1.56. The smallest absolute Gasteiger partial charge is 0.317 e. The van der Waals surface area contributed by atoms with Gasteiger partial charge >= 0.3 is 6.03 Å². The van der Waals surface area contributed by atoms with Crippen molar-refractivity contribution in [3.8, 4) is 0 Å². The molecule has 0 fully saturated rings. The number of nitrogens with zero attached hydrogens (tertiary/aromatic N) is 3. The van der Waals surface area contributed by atoms with Gasteiger partial charge in [0.05, 0.1) is 30.7 Å². The molecular weight excluding hydrogens is 424 g/mol. The Hall–Kier alpha value is -3.13. The van der Waals surface area contributed by atoms with Crippen LogP contribution in [0.2, 0.25) is 0 Å². The fourth-order valence-electron chi connectivity index (χ4n) is 3.42. The van der Waals surface area contributed by atoms with Gasteiger partial charge in [0.15, 0.2) is 0 Å². The first-order chi connectivity index (χ1) is 15.3. The molecule has 8 heteroatoms. The predicted molar refractivity (Wildman–Crippen MR) is 125 cm³/mol. The van der Waals surface area contributed by atoms with Crippen molar-refractivity contribution in [3.05, 3.63) is 83.7 Å². The summed E-state index contributed by atoms with van der Waals surface area (Å²) >= 11 is 0. The molecule has 0 radical (unpaired) electrons. The second-order valence-electron chi connectivity index (χ2n) is 7.97. The van der Waals surface area contributed by atoms with Gasteiger partial charge in [0.25, 0.3) is 0 Å². The van der Waals surface area contributed by atoms with Crippen LogP contribution in [0.4, 0.5) is 4.79 Å². The molecule has 3 rings (SSSR count). The third-order valence-corrected chi connectivity index (χ3v) is 6.59. The number of carbonyl (C=O) groups excluding carboxylic acids is 1. The van der Waals surface area contributed by atoms with E-state index >= 15 is 0 Å². The molecule has 0 spiro atoms. The number of urea groups is 1. The number of aromatic nitrogens is 2. The minimum absolute atomic E-state index is 0.00703. The SMILES string of the molecule is CCN(Cc1cnc(S(=O)(=O)Cc2ccccc2)n1Cc1ccccc1)C(=O)NC(C)C. The highest BCUT2D eigenvalue weighted by atomic mass is 32.2. The molecule has 0 aliphatic carbocycles. The van der Waals surface area contributed by atoms with E-state index in [0.29, 0.717) is 24.3 Å². The molecule has 1 aromatic heterocycles. The second-order valence-corrected chi connectivity index (χ2v) is 9.85. The van der Waals surface area contributed by atoms with Crippen molar-refractivity contribution in [3.63, 3.8) is 0 Å². The van der Waals surface area contributed by atoms with Crippen LogP contribution in [0.5, 0.6) is 0 Å². The number of sulfone groups is 1. The van der Waals surface area contributed by atoms with E-state index in [1.165, 1.54) is 0 Å². The van der Waals surface area contributed by atoms with Crippen molar-refractivity contribution < 1.29 is 13.2 Å². The maximum absolute atomic E-state index is 13.3. The fraction of sp³-hybridized carbons (Fsp3) is 0.333. The van der Waals surface area contributed by atoms with Crippen LogP contribution in [0.25, 0.3) is 0 Å². The van der Waals surface area contributed by atoms with Crippen LogP contribution in [-0.2, 0) is 28.7 Å². The first-order valence-electron chi connectivity index (χ1n) is 10.7. The molecule has 0 aliphatic rings. The summed E-state index contributed by atoms with van der Waals surface area (Å²) in [5, 5.41) is 2.91. The largest absolute Gasteiger partial charge is 0.336 e. The van der Waals surface area contributed by atoms with Gasteiger partial charge in [0.2, 0.25) is 15.0 Å². The zero-order valence-corrected chi connectivity index (χ0v) is 19.5. The summed E-state index contributed by atoms with van der Waals surface area (Å²) in [6.45, 7) is 6.80. The lowest BCUT2D eigenvalue weighted by Crippen LogP contribution is -2.42. The number of amides is 2. The average Bonchev–Trinajstić information content (AvgIpc) is 3.15. The molecule has 0 unspecified atom stereocenters. The molecule has 0 saturated heterocycles. The summed E-state index contributed by atoms with van der Waals surface area (Å²) in [6, 6.07) is 18.5. The number of nitrogens with one attached hydrogen (secondary N) is 1. The van der Waals surface area contributed by atoms with Crippen LogP contribution in [0.1, 0.15) is 37.6 Å². The Kier molecular flexibility index (Phi) is 7.69.